The molecule has 0 aromatic heterocycles. The summed E-state index contributed by atoms with van der Waals surface area (Å²) in [6.07, 6.45) is 10.5. The molecule has 4 atom stereocenters. The molecule has 0 amide bonds. The average Bonchev–Trinajstić information content (AvgIpc) is 3.30. The van der Waals surface area contributed by atoms with Crippen molar-refractivity contribution in [2.45, 2.75) is 35.3 Å². The molecule has 4 rings (SSSR count). The fraction of sp³-hybridized carbons (Fsp3) is 0.444. The van der Waals surface area contributed by atoms with Crippen molar-refractivity contribution >= 4 is 55.2 Å². The van der Waals surface area contributed by atoms with Crippen molar-refractivity contribution in [3.05, 3.63) is 46.3 Å². The van der Waals surface area contributed by atoms with Gasteiger partial charge in [-0.3, -0.25) is 18.9 Å². The third-order valence-corrected chi connectivity index (χ3v) is 11.2. The maximum Gasteiger partial charge on any atom is 0.291 e. The van der Waals surface area contributed by atoms with E-state index in [0.717, 1.165) is 33.3 Å². The Bertz CT molecular complexity index is 1110. The maximum absolute atomic E-state index is 11.8. The summed E-state index contributed by atoms with van der Waals surface area (Å²) in [5.74, 6) is 0. The Morgan fingerprint density at radius 2 is 1.19 bits per heavy atom. The van der Waals surface area contributed by atoms with Crippen LogP contribution in [0, 0.1) is 0 Å². The van der Waals surface area contributed by atoms with E-state index in [9.17, 15) is 25.9 Å². The molecule has 2 aliphatic carbocycles. The lowest BCUT2D eigenvalue weighted by Gasteiger charge is -2.27. The van der Waals surface area contributed by atoms with Gasteiger partial charge in [0.15, 0.2) is 9.41 Å². The van der Waals surface area contributed by atoms with Crippen molar-refractivity contribution in [3.63, 3.8) is 0 Å². The lowest BCUT2D eigenvalue weighted by molar-refractivity contribution is 0.305. The Morgan fingerprint density at radius 1 is 0.812 bits per heavy atom. The molecular formula is C18H22N4O6S4. The molecule has 2 saturated heterocycles. The van der Waals surface area contributed by atoms with Crippen molar-refractivity contribution in [3.8, 4) is 0 Å². The van der Waals surface area contributed by atoms with Crippen LogP contribution in [0.5, 0.6) is 0 Å². The molecule has 0 spiro atoms. The number of hydrogen-bond donors (Lipinski definition) is 2. The fourth-order valence-electron chi connectivity index (χ4n) is 4.04. The van der Waals surface area contributed by atoms with Gasteiger partial charge in [0, 0.05) is 9.81 Å². The number of hydrogen-bond acceptors (Lipinski definition) is 10. The minimum Gasteiger partial charge on any atom is -0.284 e. The summed E-state index contributed by atoms with van der Waals surface area (Å²) in [5, 5.41) is 8.80. The first kappa shape index (κ1) is 23.9. The van der Waals surface area contributed by atoms with E-state index in [1.54, 1.807) is 60.1 Å². The number of thioether (sulfide) groups is 2. The Morgan fingerprint density at radius 3 is 1.50 bits per heavy atom. The monoisotopic (exact) mass is 518 g/mol. The topological polar surface area (TPSA) is 140 Å². The molecule has 4 unspecified atom stereocenters. The molecule has 4 aliphatic rings. The summed E-state index contributed by atoms with van der Waals surface area (Å²) >= 11 is 2.12. The van der Waals surface area contributed by atoms with Crippen molar-refractivity contribution in [1.82, 2.24) is 9.80 Å². The summed E-state index contributed by atoms with van der Waals surface area (Å²) < 4.78 is 64.4. The van der Waals surface area contributed by atoms with Crippen LogP contribution in [0.4, 0.5) is 0 Å². The number of allylic oxidation sites excluding steroid dienone is 4. The first-order valence-electron chi connectivity index (χ1n) is 9.75. The normalized spacial score (nSPS) is 33.5. The van der Waals surface area contributed by atoms with E-state index in [2.05, 4.69) is 10.2 Å². The zero-order valence-electron chi connectivity index (χ0n) is 17.1. The molecule has 10 nitrogen and oxygen atoms in total. The number of rotatable bonds is 5. The molecule has 32 heavy (non-hydrogen) atoms. The summed E-state index contributed by atoms with van der Waals surface area (Å²) in [6, 6.07) is -0.917. The van der Waals surface area contributed by atoms with Crippen molar-refractivity contribution in [1.29, 1.82) is 0 Å². The summed E-state index contributed by atoms with van der Waals surface area (Å²) in [7, 11) is -8.61. The van der Waals surface area contributed by atoms with Crippen molar-refractivity contribution in [2.24, 2.45) is 10.2 Å². The standard InChI is InChI=1S/C18H22N4O6S4/c1-3-21-15-11(7-5-9-13(15)29-17(21)31(23,24)25)19-20-12-8-6-10-14-16(12)22(4-2)18(30-14)32(26,27)28/h5-10,15-18H,3-4H2,1-2H3,(H,23,24,25)(H,26,27,28). The van der Waals surface area contributed by atoms with E-state index >= 15 is 0 Å². The molecule has 2 aliphatic heterocycles. The highest BCUT2D eigenvalue weighted by atomic mass is 32.3. The summed E-state index contributed by atoms with van der Waals surface area (Å²) in [4.78, 5) is 4.76. The fourth-order valence-corrected chi connectivity index (χ4v) is 9.27. The average molecular weight is 519 g/mol. The van der Waals surface area contributed by atoms with Crippen molar-refractivity contribution < 1.29 is 25.9 Å². The number of likely N-dealkylation sites (N-methyl/N-ethyl adjacent to an activating group) is 2. The molecule has 2 N–H and O–H groups in total. The van der Waals surface area contributed by atoms with Gasteiger partial charge in [-0.1, -0.05) is 61.7 Å². The molecule has 2 fully saturated rings. The third-order valence-electron chi connectivity index (χ3n) is 5.35. The van der Waals surface area contributed by atoms with Gasteiger partial charge in [-0.2, -0.15) is 27.0 Å². The number of fused-ring (bicyclic) bond motifs is 2. The molecule has 0 radical (unpaired) electrons. The van der Waals surface area contributed by atoms with Gasteiger partial charge in [-0.15, -0.1) is 0 Å². The van der Waals surface area contributed by atoms with Gasteiger partial charge < -0.3 is 0 Å². The van der Waals surface area contributed by atoms with Crippen LogP contribution in [0.1, 0.15) is 13.8 Å². The lowest BCUT2D eigenvalue weighted by Crippen LogP contribution is -2.44. The molecule has 0 aromatic carbocycles. The minimum atomic E-state index is -4.30. The zero-order chi connectivity index (χ0) is 23.3. The predicted molar refractivity (Wildman–Crippen MR) is 128 cm³/mol. The van der Waals surface area contributed by atoms with Crippen LogP contribution in [0.15, 0.2) is 56.5 Å². The van der Waals surface area contributed by atoms with Gasteiger partial charge in [0.2, 0.25) is 0 Å². The highest BCUT2D eigenvalue weighted by Gasteiger charge is 2.47. The molecule has 2 heterocycles. The first-order valence-corrected chi connectivity index (χ1v) is 14.5. The van der Waals surface area contributed by atoms with Crippen LogP contribution >= 0.6 is 23.5 Å². The number of nitrogens with zero attached hydrogens (tertiary/aromatic N) is 4. The quantitative estimate of drug-likeness (QED) is 0.410. The molecule has 174 valence electrons. The predicted octanol–water partition coefficient (Wildman–Crippen LogP) is 1.91. The Balaban J connectivity index is 1.68. The second-order valence-corrected chi connectivity index (χ2v) is 13.1. The largest absolute Gasteiger partial charge is 0.291 e. The van der Waals surface area contributed by atoms with Crippen LogP contribution in [-0.4, -0.2) is 81.7 Å². The Labute approximate surface area is 195 Å². The van der Waals surface area contributed by atoms with E-state index < -0.39 is 41.7 Å². The Hall–Kier alpha value is -1.26. The van der Waals surface area contributed by atoms with Gasteiger partial charge in [-0.25, -0.2) is 0 Å². The molecular weight excluding hydrogens is 496 g/mol. The van der Waals surface area contributed by atoms with Gasteiger partial charge in [0.1, 0.15) is 0 Å². The van der Waals surface area contributed by atoms with Crippen LogP contribution in [-0.2, 0) is 20.2 Å². The third kappa shape index (κ3) is 4.30. The zero-order valence-corrected chi connectivity index (χ0v) is 20.4. The van der Waals surface area contributed by atoms with Crippen LogP contribution in [0.3, 0.4) is 0 Å². The van der Waals surface area contributed by atoms with Crippen LogP contribution < -0.4 is 0 Å². The van der Waals surface area contributed by atoms with Gasteiger partial charge in [-0.05, 0) is 25.2 Å². The highest BCUT2D eigenvalue weighted by Crippen LogP contribution is 2.44. The molecule has 0 aromatic rings. The van der Waals surface area contributed by atoms with E-state index in [4.69, 9.17) is 0 Å². The lowest BCUT2D eigenvalue weighted by atomic mass is 10.0. The molecule has 0 bridgehead atoms. The minimum absolute atomic E-state index is 0.370. The summed E-state index contributed by atoms with van der Waals surface area (Å²) in [6.45, 7) is 4.34. The molecule has 14 heteroatoms. The van der Waals surface area contributed by atoms with E-state index in [1.807, 2.05) is 0 Å². The van der Waals surface area contributed by atoms with E-state index in [0.29, 0.717) is 24.5 Å². The van der Waals surface area contributed by atoms with Crippen molar-refractivity contribution in [2.75, 3.05) is 13.1 Å². The molecule has 0 saturated carbocycles. The van der Waals surface area contributed by atoms with Gasteiger partial charge in [0.05, 0.1) is 23.5 Å². The highest BCUT2D eigenvalue weighted by molar-refractivity contribution is 8.14. The van der Waals surface area contributed by atoms with E-state index in [1.165, 1.54) is 0 Å². The summed E-state index contributed by atoms with van der Waals surface area (Å²) in [5.41, 5.74) is 1.03. The van der Waals surface area contributed by atoms with Gasteiger partial charge >= 0.3 is 0 Å². The first-order chi connectivity index (χ1) is 15.1. The SMILES string of the molecule is CCN1C2C(=CC=CC2=NN=C2C=CC=C3SC(S(=O)(=O)O)N(CC)C32)SC1S(=O)(=O)O. The van der Waals surface area contributed by atoms with Crippen LogP contribution in [0.2, 0.25) is 0 Å². The van der Waals surface area contributed by atoms with Gasteiger partial charge in [0.25, 0.3) is 20.2 Å². The Kier molecular flexibility index (Phi) is 6.59. The van der Waals surface area contributed by atoms with E-state index in [-0.39, 0.29) is 0 Å². The second kappa shape index (κ2) is 8.83. The smallest absolute Gasteiger partial charge is 0.284 e. The maximum atomic E-state index is 11.8. The van der Waals surface area contributed by atoms with Crippen LogP contribution in [0.25, 0.3) is 0 Å². The second-order valence-electron chi connectivity index (χ2n) is 7.25.